The van der Waals surface area contributed by atoms with Gasteiger partial charge in [-0.2, -0.15) is 0 Å². The van der Waals surface area contributed by atoms with Gasteiger partial charge in [0.05, 0.1) is 16.3 Å². The summed E-state index contributed by atoms with van der Waals surface area (Å²) < 4.78 is 0.737. The Balaban J connectivity index is 2.62. The molecule has 5 heteroatoms. The van der Waals surface area contributed by atoms with Gasteiger partial charge in [-0.3, -0.25) is 4.79 Å². The number of thiophene rings is 1. The average molecular weight is 303 g/mol. The molecule has 0 aliphatic heterocycles. The maximum absolute atomic E-state index is 12.2. The van der Waals surface area contributed by atoms with Crippen LogP contribution in [0.4, 0.5) is 0 Å². The average Bonchev–Trinajstić information content (AvgIpc) is 2.71. The van der Waals surface area contributed by atoms with E-state index in [0.29, 0.717) is 6.54 Å². The number of nitrogens with two attached hydrogens (primary N) is 1. The van der Waals surface area contributed by atoms with Gasteiger partial charge in [-0.05, 0) is 30.9 Å². The minimum absolute atomic E-state index is 0.0226. The van der Waals surface area contributed by atoms with Gasteiger partial charge in [0.2, 0.25) is 5.91 Å². The van der Waals surface area contributed by atoms with Crippen LogP contribution < -0.4 is 11.1 Å². The van der Waals surface area contributed by atoms with E-state index in [1.165, 1.54) is 11.3 Å². The Kier molecular flexibility index (Phi) is 5.83. The van der Waals surface area contributed by atoms with E-state index in [2.05, 4.69) is 26.1 Å². The molecular formula is C14H23ClN2OS. The van der Waals surface area contributed by atoms with Gasteiger partial charge in [0.25, 0.3) is 0 Å². The highest BCUT2D eigenvalue weighted by Gasteiger charge is 2.25. The van der Waals surface area contributed by atoms with E-state index in [1.54, 1.807) is 0 Å². The maximum atomic E-state index is 12.2. The number of hydrogen-bond donors (Lipinski definition) is 2. The van der Waals surface area contributed by atoms with Crippen molar-refractivity contribution >= 4 is 28.8 Å². The zero-order valence-corrected chi connectivity index (χ0v) is 13.6. The molecule has 1 aromatic rings. The summed E-state index contributed by atoms with van der Waals surface area (Å²) in [4.78, 5) is 13.3. The molecule has 1 rings (SSSR count). The smallest absolute Gasteiger partial charge is 0.224 e. The highest BCUT2D eigenvalue weighted by atomic mass is 35.5. The van der Waals surface area contributed by atoms with Crippen molar-refractivity contribution in [2.75, 3.05) is 6.54 Å². The molecule has 1 amide bonds. The zero-order chi connectivity index (χ0) is 14.6. The molecule has 1 heterocycles. The largest absolute Gasteiger partial charge is 0.348 e. The number of amides is 1. The molecule has 0 aliphatic carbocycles. The van der Waals surface area contributed by atoms with Crippen molar-refractivity contribution in [2.24, 2.45) is 17.1 Å². The van der Waals surface area contributed by atoms with Crippen molar-refractivity contribution in [3.63, 3.8) is 0 Å². The van der Waals surface area contributed by atoms with Crippen LogP contribution in [-0.4, -0.2) is 12.5 Å². The maximum Gasteiger partial charge on any atom is 0.224 e. The third kappa shape index (κ3) is 5.51. The lowest BCUT2D eigenvalue weighted by atomic mass is 9.84. The van der Waals surface area contributed by atoms with Crippen LogP contribution in [0.2, 0.25) is 4.34 Å². The summed E-state index contributed by atoms with van der Waals surface area (Å²) in [5.41, 5.74) is 5.81. The summed E-state index contributed by atoms with van der Waals surface area (Å²) in [6.07, 6.45) is 0.785. The topological polar surface area (TPSA) is 55.1 Å². The Morgan fingerprint density at radius 1 is 1.47 bits per heavy atom. The summed E-state index contributed by atoms with van der Waals surface area (Å²) in [7, 11) is 0. The van der Waals surface area contributed by atoms with Gasteiger partial charge in [0.15, 0.2) is 0 Å². The van der Waals surface area contributed by atoms with Crippen molar-refractivity contribution in [3.8, 4) is 0 Å². The van der Waals surface area contributed by atoms with Gasteiger partial charge in [-0.25, -0.2) is 0 Å². The fourth-order valence-electron chi connectivity index (χ4n) is 1.99. The molecule has 2 atom stereocenters. The lowest BCUT2D eigenvalue weighted by molar-refractivity contribution is -0.126. The molecule has 0 fully saturated rings. The first-order valence-corrected chi connectivity index (χ1v) is 7.68. The van der Waals surface area contributed by atoms with Gasteiger partial charge >= 0.3 is 0 Å². The van der Waals surface area contributed by atoms with Crippen molar-refractivity contribution in [3.05, 3.63) is 21.3 Å². The second-order valence-electron chi connectivity index (χ2n) is 6.07. The third-order valence-corrected chi connectivity index (χ3v) is 4.31. The van der Waals surface area contributed by atoms with Crippen molar-refractivity contribution in [1.82, 2.24) is 5.32 Å². The molecule has 0 aromatic carbocycles. The number of nitrogens with one attached hydrogen (secondary N) is 1. The third-order valence-electron chi connectivity index (χ3n) is 2.89. The molecule has 3 N–H and O–H groups in total. The SMILES string of the molecule is CC(NC(=O)C(CN)CC(C)(C)C)c1ccc(Cl)s1. The fraction of sp³-hybridized carbons (Fsp3) is 0.643. The lowest BCUT2D eigenvalue weighted by Crippen LogP contribution is -2.38. The monoisotopic (exact) mass is 302 g/mol. The highest BCUT2D eigenvalue weighted by molar-refractivity contribution is 7.16. The first-order chi connectivity index (χ1) is 8.73. The molecule has 0 radical (unpaired) electrons. The predicted molar refractivity (Wildman–Crippen MR) is 82.5 cm³/mol. The van der Waals surface area contributed by atoms with E-state index in [9.17, 15) is 4.79 Å². The summed E-state index contributed by atoms with van der Waals surface area (Å²) in [6.45, 7) is 8.69. The van der Waals surface area contributed by atoms with E-state index in [4.69, 9.17) is 17.3 Å². The Morgan fingerprint density at radius 2 is 2.11 bits per heavy atom. The normalized spacial score (nSPS) is 15.1. The molecular weight excluding hydrogens is 280 g/mol. The standard InChI is InChI=1S/C14H23ClN2OS/c1-9(11-5-6-12(15)19-11)17-13(18)10(8-16)7-14(2,3)4/h5-6,9-10H,7-8,16H2,1-4H3,(H,17,18). The molecule has 0 aliphatic rings. The Labute approximate surface area is 124 Å². The number of hydrogen-bond acceptors (Lipinski definition) is 3. The predicted octanol–water partition coefficient (Wildman–Crippen LogP) is 3.59. The van der Waals surface area contributed by atoms with Crippen LogP contribution in [0.25, 0.3) is 0 Å². The van der Waals surface area contributed by atoms with Gasteiger partial charge in [0, 0.05) is 11.4 Å². The van der Waals surface area contributed by atoms with Gasteiger partial charge in [0.1, 0.15) is 0 Å². The molecule has 0 saturated heterocycles. The zero-order valence-electron chi connectivity index (χ0n) is 12.0. The summed E-state index contributed by atoms with van der Waals surface area (Å²) in [5, 5.41) is 3.02. The molecule has 0 saturated carbocycles. The Bertz CT molecular complexity index is 425. The van der Waals surface area contributed by atoms with Gasteiger partial charge < -0.3 is 11.1 Å². The van der Waals surface area contributed by atoms with Crippen LogP contribution in [0.3, 0.4) is 0 Å². The first kappa shape index (κ1) is 16.5. The van der Waals surface area contributed by atoms with E-state index < -0.39 is 0 Å². The second kappa shape index (κ2) is 6.73. The minimum Gasteiger partial charge on any atom is -0.348 e. The van der Waals surface area contributed by atoms with Crippen LogP contribution in [0.15, 0.2) is 12.1 Å². The van der Waals surface area contributed by atoms with Gasteiger partial charge in [-0.15, -0.1) is 11.3 Å². The number of rotatable bonds is 5. The minimum atomic E-state index is -0.141. The molecule has 1 aromatic heterocycles. The van der Waals surface area contributed by atoms with E-state index >= 15 is 0 Å². The lowest BCUT2D eigenvalue weighted by Gasteiger charge is -2.25. The molecule has 0 bridgehead atoms. The Morgan fingerprint density at radius 3 is 2.53 bits per heavy atom. The molecule has 2 unspecified atom stereocenters. The van der Waals surface area contributed by atoms with E-state index in [0.717, 1.165) is 15.6 Å². The van der Waals surface area contributed by atoms with Crippen molar-refractivity contribution < 1.29 is 4.79 Å². The van der Waals surface area contributed by atoms with Crippen molar-refractivity contribution in [1.29, 1.82) is 0 Å². The fourth-order valence-corrected chi connectivity index (χ4v) is 3.05. The molecule has 19 heavy (non-hydrogen) atoms. The summed E-state index contributed by atoms with van der Waals surface area (Å²) >= 11 is 7.39. The Hall–Kier alpha value is -0.580. The van der Waals surface area contributed by atoms with Crippen LogP contribution in [0.1, 0.15) is 45.0 Å². The molecule has 3 nitrogen and oxygen atoms in total. The first-order valence-electron chi connectivity index (χ1n) is 6.48. The van der Waals surface area contributed by atoms with Crippen molar-refractivity contribution in [2.45, 2.75) is 40.2 Å². The summed E-state index contributed by atoms with van der Waals surface area (Å²) in [6, 6.07) is 3.76. The van der Waals surface area contributed by atoms with Crippen LogP contribution >= 0.6 is 22.9 Å². The highest BCUT2D eigenvalue weighted by Crippen LogP contribution is 2.28. The number of halogens is 1. The van der Waals surface area contributed by atoms with E-state index in [-0.39, 0.29) is 23.3 Å². The van der Waals surface area contributed by atoms with Gasteiger partial charge in [-0.1, -0.05) is 32.4 Å². The van der Waals surface area contributed by atoms with E-state index in [1.807, 2.05) is 19.1 Å². The van der Waals surface area contributed by atoms with Crippen LogP contribution in [0, 0.1) is 11.3 Å². The number of carbonyl (C=O) groups is 1. The second-order valence-corrected chi connectivity index (χ2v) is 7.82. The molecule has 0 spiro atoms. The number of carbonyl (C=O) groups excluding carboxylic acids is 1. The van der Waals surface area contributed by atoms with Crippen LogP contribution in [-0.2, 0) is 4.79 Å². The van der Waals surface area contributed by atoms with Crippen LogP contribution in [0.5, 0.6) is 0 Å². The quantitative estimate of drug-likeness (QED) is 0.873. The molecule has 108 valence electrons. The summed E-state index contributed by atoms with van der Waals surface area (Å²) in [5.74, 6) is -0.118.